The molecule has 0 aliphatic rings. The van der Waals surface area contributed by atoms with Gasteiger partial charge in [0.2, 0.25) is 0 Å². The summed E-state index contributed by atoms with van der Waals surface area (Å²) in [5, 5.41) is 2.39. The van der Waals surface area contributed by atoms with Gasteiger partial charge >= 0.3 is 12.6 Å². The lowest BCUT2D eigenvalue weighted by molar-refractivity contribution is -0.143. The van der Waals surface area contributed by atoms with Gasteiger partial charge in [-0.15, -0.1) is 0 Å². The maximum absolute atomic E-state index is 12.3. The minimum absolute atomic E-state index is 0.0709. The molecule has 154 valence electrons. The number of ether oxygens (including phenoxy) is 2. The molecule has 0 spiro atoms. The highest BCUT2D eigenvalue weighted by atomic mass is 19.3. The summed E-state index contributed by atoms with van der Waals surface area (Å²) in [6.45, 7) is -3.26. The van der Waals surface area contributed by atoms with E-state index in [4.69, 9.17) is 4.74 Å². The van der Waals surface area contributed by atoms with Crippen LogP contribution in [0.2, 0.25) is 0 Å². The van der Waals surface area contributed by atoms with E-state index in [1.165, 1.54) is 24.3 Å². The van der Waals surface area contributed by atoms with Gasteiger partial charge in [-0.3, -0.25) is 9.59 Å². The minimum Gasteiger partial charge on any atom is -0.460 e. The number of hydrogen-bond acceptors (Lipinski definition) is 4. The summed E-state index contributed by atoms with van der Waals surface area (Å²) in [5.41, 5.74) is 3.05. The molecular weight excluding hydrogens is 392 g/mol. The summed E-state index contributed by atoms with van der Waals surface area (Å²) in [5.74, 6) is -1.35. The van der Waals surface area contributed by atoms with Gasteiger partial charge in [-0.05, 0) is 34.9 Å². The summed E-state index contributed by atoms with van der Waals surface area (Å²) < 4.78 is 33.9. The fraction of sp³-hybridized carbons (Fsp3) is 0.130. The second kappa shape index (κ2) is 10.2. The lowest BCUT2D eigenvalue weighted by atomic mass is 10.0. The lowest BCUT2D eigenvalue weighted by Crippen LogP contribution is -2.30. The van der Waals surface area contributed by atoms with Crippen LogP contribution in [-0.4, -0.2) is 25.0 Å². The number of carbonyl (C=O) groups is 2. The van der Waals surface area contributed by atoms with Gasteiger partial charge in [-0.25, -0.2) is 0 Å². The van der Waals surface area contributed by atoms with Crippen LogP contribution in [0.15, 0.2) is 78.9 Å². The fourth-order valence-corrected chi connectivity index (χ4v) is 2.71. The summed E-state index contributed by atoms with van der Waals surface area (Å²) in [6.07, 6.45) is 0. The minimum atomic E-state index is -2.99. The number of rotatable bonds is 8. The van der Waals surface area contributed by atoms with Gasteiger partial charge in [-0.2, -0.15) is 8.78 Å². The lowest BCUT2D eigenvalue weighted by Gasteiger charge is -2.09. The Morgan fingerprint density at radius 1 is 0.867 bits per heavy atom. The van der Waals surface area contributed by atoms with Crippen LogP contribution in [0.4, 0.5) is 8.78 Å². The highest BCUT2D eigenvalue weighted by Crippen LogP contribution is 2.19. The van der Waals surface area contributed by atoms with E-state index < -0.39 is 18.5 Å². The highest BCUT2D eigenvalue weighted by molar-refractivity contribution is 5.96. The first kappa shape index (κ1) is 21.0. The van der Waals surface area contributed by atoms with Crippen molar-refractivity contribution in [2.24, 2.45) is 0 Å². The van der Waals surface area contributed by atoms with Crippen LogP contribution in [0.5, 0.6) is 5.75 Å². The molecule has 3 aromatic rings. The number of carbonyl (C=O) groups excluding carboxylic acids is 2. The Morgan fingerprint density at radius 2 is 1.57 bits per heavy atom. The van der Waals surface area contributed by atoms with Crippen molar-refractivity contribution in [3.05, 3.63) is 90.0 Å². The molecule has 0 saturated heterocycles. The second-order valence-electron chi connectivity index (χ2n) is 6.31. The Hall–Kier alpha value is -3.74. The van der Waals surface area contributed by atoms with Crippen molar-refractivity contribution in [1.82, 2.24) is 5.32 Å². The number of halogens is 2. The van der Waals surface area contributed by atoms with Crippen LogP contribution < -0.4 is 10.1 Å². The van der Waals surface area contributed by atoms with Gasteiger partial charge in [0.05, 0.1) is 0 Å². The maximum Gasteiger partial charge on any atom is 0.387 e. The molecule has 5 nitrogen and oxygen atoms in total. The molecular formula is C23H19F2NO4. The third-order valence-corrected chi connectivity index (χ3v) is 4.18. The van der Waals surface area contributed by atoms with Crippen LogP contribution in [0.1, 0.15) is 15.9 Å². The standard InChI is InChI=1S/C23H19F2NO4/c24-23(25)30-20-8-4-7-19(13-20)22(28)26-14-21(27)29-15-16-9-11-18(12-10-16)17-5-2-1-3-6-17/h1-13,23H,14-15H2,(H,26,28). The van der Waals surface area contributed by atoms with E-state index in [9.17, 15) is 18.4 Å². The first-order valence-electron chi connectivity index (χ1n) is 9.14. The van der Waals surface area contributed by atoms with Crippen LogP contribution in [0.3, 0.4) is 0 Å². The van der Waals surface area contributed by atoms with E-state index in [2.05, 4.69) is 10.1 Å². The van der Waals surface area contributed by atoms with E-state index in [0.29, 0.717) is 0 Å². The summed E-state index contributed by atoms with van der Waals surface area (Å²) in [4.78, 5) is 24.0. The van der Waals surface area contributed by atoms with Gasteiger partial charge in [0, 0.05) is 5.56 Å². The third-order valence-electron chi connectivity index (χ3n) is 4.18. The number of hydrogen-bond donors (Lipinski definition) is 1. The van der Waals surface area contributed by atoms with E-state index in [1.54, 1.807) is 0 Å². The van der Waals surface area contributed by atoms with Gasteiger partial charge in [0.15, 0.2) is 0 Å². The number of benzene rings is 3. The molecule has 30 heavy (non-hydrogen) atoms. The molecule has 3 rings (SSSR count). The molecule has 0 radical (unpaired) electrons. The first-order valence-corrected chi connectivity index (χ1v) is 9.14. The van der Waals surface area contributed by atoms with E-state index in [0.717, 1.165) is 16.7 Å². The second-order valence-corrected chi connectivity index (χ2v) is 6.31. The average Bonchev–Trinajstić information content (AvgIpc) is 2.76. The zero-order valence-electron chi connectivity index (χ0n) is 15.9. The third kappa shape index (κ3) is 6.13. The summed E-state index contributed by atoms with van der Waals surface area (Å²) >= 11 is 0. The van der Waals surface area contributed by atoms with E-state index in [-0.39, 0.29) is 24.5 Å². The molecule has 0 aliphatic carbocycles. The molecule has 0 fully saturated rings. The molecule has 0 aliphatic heterocycles. The van der Waals surface area contributed by atoms with Crippen LogP contribution in [0.25, 0.3) is 11.1 Å². The van der Waals surface area contributed by atoms with Crippen molar-refractivity contribution in [3.8, 4) is 16.9 Å². The SMILES string of the molecule is O=C(CNC(=O)c1cccc(OC(F)F)c1)OCc1ccc(-c2ccccc2)cc1. The quantitative estimate of drug-likeness (QED) is 0.557. The van der Waals surface area contributed by atoms with Crippen molar-refractivity contribution < 1.29 is 27.8 Å². The Labute approximate surface area is 172 Å². The first-order chi connectivity index (χ1) is 14.5. The number of esters is 1. The zero-order valence-corrected chi connectivity index (χ0v) is 15.9. The topological polar surface area (TPSA) is 64.6 Å². The molecule has 1 amide bonds. The molecule has 0 bridgehead atoms. The normalized spacial score (nSPS) is 10.5. The Kier molecular flexibility index (Phi) is 7.10. The fourth-order valence-electron chi connectivity index (χ4n) is 2.71. The molecule has 0 atom stereocenters. The zero-order chi connectivity index (χ0) is 21.3. The Bertz CT molecular complexity index is 992. The van der Waals surface area contributed by atoms with Crippen molar-refractivity contribution >= 4 is 11.9 Å². The van der Waals surface area contributed by atoms with Crippen LogP contribution in [-0.2, 0) is 16.1 Å². The van der Waals surface area contributed by atoms with Gasteiger partial charge in [0.25, 0.3) is 5.91 Å². The maximum atomic E-state index is 12.3. The smallest absolute Gasteiger partial charge is 0.387 e. The molecule has 0 heterocycles. The van der Waals surface area contributed by atoms with Crippen LogP contribution in [0, 0.1) is 0 Å². The number of nitrogens with one attached hydrogen (secondary N) is 1. The van der Waals surface area contributed by atoms with Gasteiger partial charge in [0.1, 0.15) is 18.9 Å². The van der Waals surface area contributed by atoms with E-state index >= 15 is 0 Å². The predicted octanol–water partition coefficient (Wildman–Crippen LogP) is 4.43. The summed E-state index contributed by atoms with van der Waals surface area (Å²) in [6, 6.07) is 22.8. The molecule has 3 aromatic carbocycles. The van der Waals surface area contributed by atoms with Gasteiger partial charge < -0.3 is 14.8 Å². The molecule has 0 aromatic heterocycles. The molecule has 1 N–H and O–H groups in total. The van der Waals surface area contributed by atoms with E-state index in [1.807, 2.05) is 54.6 Å². The predicted molar refractivity (Wildman–Crippen MR) is 107 cm³/mol. The number of amides is 1. The molecule has 7 heteroatoms. The van der Waals surface area contributed by atoms with Crippen molar-refractivity contribution in [1.29, 1.82) is 0 Å². The van der Waals surface area contributed by atoms with Crippen molar-refractivity contribution in [3.63, 3.8) is 0 Å². The highest BCUT2D eigenvalue weighted by Gasteiger charge is 2.11. The molecule has 0 saturated carbocycles. The Balaban J connectivity index is 1.46. The number of alkyl halides is 2. The summed E-state index contributed by atoms with van der Waals surface area (Å²) in [7, 11) is 0. The largest absolute Gasteiger partial charge is 0.460 e. The van der Waals surface area contributed by atoms with Gasteiger partial charge in [-0.1, -0.05) is 60.7 Å². The Morgan fingerprint density at radius 3 is 2.27 bits per heavy atom. The van der Waals surface area contributed by atoms with Crippen LogP contribution >= 0.6 is 0 Å². The molecule has 0 unspecified atom stereocenters. The average molecular weight is 411 g/mol. The monoisotopic (exact) mass is 411 g/mol. The van der Waals surface area contributed by atoms with Crippen molar-refractivity contribution in [2.45, 2.75) is 13.2 Å². The van der Waals surface area contributed by atoms with Crippen molar-refractivity contribution in [2.75, 3.05) is 6.54 Å².